The molecule has 2 aliphatic heterocycles. The lowest BCUT2D eigenvalue weighted by molar-refractivity contribution is -0.136. The van der Waals surface area contributed by atoms with Gasteiger partial charge in [0.1, 0.15) is 11.4 Å². The molecule has 1 aromatic rings. The number of likely N-dealkylation sites (N-methyl/N-ethyl adjacent to an activating group) is 1. The summed E-state index contributed by atoms with van der Waals surface area (Å²) in [6, 6.07) is 5.03. The number of nitrogens with one attached hydrogen (secondary N) is 1. The normalized spacial score (nSPS) is 16.6. The van der Waals surface area contributed by atoms with Gasteiger partial charge in [-0.1, -0.05) is 0 Å². The number of rotatable bonds is 5. The molecule has 0 aromatic heterocycles. The Labute approximate surface area is 149 Å². The van der Waals surface area contributed by atoms with Crippen molar-refractivity contribution in [3.8, 4) is 5.75 Å². The van der Waals surface area contributed by atoms with Crippen molar-refractivity contribution in [2.24, 2.45) is 0 Å². The smallest absolute Gasteiger partial charge is 0.337 e. The zero-order valence-electron chi connectivity index (χ0n) is 14.4. The van der Waals surface area contributed by atoms with E-state index >= 15 is 0 Å². The van der Waals surface area contributed by atoms with Crippen molar-refractivity contribution >= 4 is 29.2 Å². The first kappa shape index (κ1) is 17.7. The van der Waals surface area contributed by atoms with Gasteiger partial charge in [-0.05, 0) is 12.1 Å². The van der Waals surface area contributed by atoms with Crippen LogP contribution in [-0.4, -0.2) is 68.3 Å². The molecular formula is C17H19N3O6. The lowest BCUT2D eigenvalue weighted by Gasteiger charge is -2.26. The van der Waals surface area contributed by atoms with Gasteiger partial charge in [0.05, 0.1) is 31.5 Å². The summed E-state index contributed by atoms with van der Waals surface area (Å²) in [5.74, 6) is -0.666. The van der Waals surface area contributed by atoms with Gasteiger partial charge >= 0.3 is 5.97 Å². The van der Waals surface area contributed by atoms with Crippen molar-refractivity contribution < 1.29 is 29.0 Å². The summed E-state index contributed by atoms with van der Waals surface area (Å²) in [4.78, 5) is 39.0. The molecule has 9 nitrogen and oxygen atoms in total. The summed E-state index contributed by atoms with van der Waals surface area (Å²) in [5, 5.41) is 12.0. The Morgan fingerprint density at radius 2 is 2.15 bits per heavy atom. The predicted octanol–water partition coefficient (Wildman–Crippen LogP) is -0.285. The van der Waals surface area contributed by atoms with Crippen LogP contribution in [0.5, 0.6) is 5.75 Å². The van der Waals surface area contributed by atoms with Gasteiger partial charge in [0.15, 0.2) is 6.61 Å². The maximum atomic E-state index is 12.5. The first-order valence-corrected chi connectivity index (χ1v) is 7.98. The number of hydrogen-bond donors (Lipinski definition) is 2. The maximum Gasteiger partial charge on any atom is 0.337 e. The molecule has 0 bridgehead atoms. The number of aliphatic hydroxyl groups excluding tert-OH is 1. The van der Waals surface area contributed by atoms with E-state index in [0.717, 1.165) is 0 Å². The molecular weight excluding hydrogens is 342 g/mol. The molecule has 0 spiro atoms. The van der Waals surface area contributed by atoms with E-state index in [9.17, 15) is 14.4 Å². The lowest BCUT2D eigenvalue weighted by atomic mass is 10.2. The topological polar surface area (TPSA) is 108 Å². The molecule has 0 atom stereocenters. The van der Waals surface area contributed by atoms with Crippen molar-refractivity contribution in [2.45, 2.75) is 0 Å². The Hall–Kier alpha value is -3.07. The Morgan fingerprint density at radius 3 is 2.85 bits per heavy atom. The summed E-state index contributed by atoms with van der Waals surface area (Å²) in [6.45, 7) is -0.0927. The lowest BCUT2D eigenvalue weighted by Crippen LogP contribution is -2.35. The molecule has 0 aliphatic carbocycles. The number of amides is 2. The number of aliphatic hydroxyl groups is 1. The predicted molar refractivity (Wildman–Crippen MR) is 91.7 cm³/mol. The second-order valence-corrected chi connectivity index (χ2v) is 5.84. The van der Waals surface area contributed by atoms with Crippen LogP contribution in [0.4, 0.5) is 11.4 Å². The van der Waals surface area contributed by atoms with Crippen molar-refractivity contribution in [3.05, 3.63) is 29.5 Å². The highest BCUT2D eigenvalue weighted by molar-refractivity contribution is 6.08. The van der Waals surface area contributed by atoms with E-state index < -0.39 is 11.9 Å². The van der Waals surface area contributed by atoms with Gasteiger partial charge < -0.3 is 29.7 Å². The number of β-amino-alcohol motifs (C(OH)–C–C–N with tert-alkyl or cyclic N) is 1. The fourth-order valence-electron chi connectivity index (χ4n) is 2.85. The van der Waals surface area contributed by atoms with E-state index in [1.807, 2.05) is 0 Å². The minimum Gasteiger partial charge on any atom is -0.481 e. The average molecular weight is 361 g/mol. The molecule has 26 heavy (non-hydrogen) atoms. The highest BCUT2D eigenvalue weighted by Crippen LogP contribution is 2.34. The summed E-state index contributed by atoms with van der Waals surface area (Å²) >= 11 is 0. The van der Waals surface area contributed by atoms with Crippen LogP contribution in [0.1, 0.15) is 0 Å². The SMILES string of the molecule is COC(=O)C1=C(Nc2ccc3c(c2)OCC(=O)N3C)C(=O)N(CCO)C1. The maximum absolute atomic E-state index is 12.5. The highest BCUT2D eigenvalue weighted by atomic mass is 16.5. The molecule has 2 aliphatic rings. The van der Waals surface area contributed by atoms with Gasteiger partial charge in [-0.25, -0.2) is 4.79 Å². The second-order valence-electron chi connectivity index (χ2n) is 5.84. The van der Waals surface area contributed by atoms with Crippen molar-refractivity contribution in [2.75, 3.05) is 50.7 Å². The Bertz CT molecular complexity index is 804. The van der Waals surface area contributed by atoms with Gasteiger partial charge in [-0.3, -0.25) is 9.59 Å². The minimum atomic E-state index is -0.610. The molecule has 138 valence electrons. The molecule has 0 radical (unpaired) electrons. The van der Waals surface area contributed by atoms with E-state index in [1.165, 1.54) is 16.9 Å². The third-order valence-corrected chi connectivity index (χ3v) is 4.27. The van der Waals surface area contributed by atoms with Crippen molar-refractivity contribution in [1.82, 2.24) is 4.90 Å². The number of hydrogen-bond acceptors (Lipinski definition) is 7. The Balaban J connectivity index is 1.89. The molecule has 2 N–H and O–H groups in total. The van der Waals surface area contributed by atoms with Crippen LogP contribution in [-0.2, 0) is 19.1 Å². The Kier molecular flexibility index (Phi) is 4.81. The molecule has 0 saturated heterocycles. The summed E-state index contributed by atoms with van der Waals surface area (Å²) < 4.78 is 10.2. The fraction of sp³-hybridized carbons (Fsp3) is 0.353. The largest absolute Gasteiger partial charge is 0.481 e. The average Bonchev–Trinajstić information content (AvgIpc) is 2.94. The van der Waals surface area contributed by atoms with Crippen molar-refractivity contribution in [3.63, 3.8) is 0 Å². The summed E-state index contributed by atoms with van der Waals surface area (Å²) in [5.41, 5.74) is 1.44. The first-order valence-electron chi connectivity index (χ1n) is 7.98. The number of carbonyl (C=O) groups excluding carboxylic acids is 3. The van der Waals surface area contributed by atoms with E-state index in [1.54, 1.807) is 25.2 Å². The van der Waals surface area contributed by atoms with Gasteiger partial charge in [0.25, 0.3) is 11.8 Å². The van der Waals surface area contributed by atoms with E-state index in [-0.39, 0.29) is 43.5 Å². The first-order chi connectivity index (χ1) is 12.5. The van der Waals surface area contributed by atoms with Gasteiger partial charge in [-0.2, -0.15) is 0 Å². The van der Waals surface area contributed by atoms with Crippen LogP contribution in [0.3, 0.4) is 0 Å². The van der Waals surface area contributed by atoms with E-state index in [0.29, 0.717) is 17.1 Å². The molecule has 0 unspecified atom stereocenters. The number of anilines is 2. The molecule has 9 heteroatoms. The van der Waals surface area contributed by atoms with Crippen LogP contribution in [0.2, 0.25) is 0 Å². The number of fused-ring (bicyclic) bond motifs is 1. The Morgan fingerprint density at radius 1 is 1.38 bits per heavy atom. The number of methoxy groups -OCH3 is 1. The monoisotopic (exact) mass is 361 g/mol. The molecule has 2 heterocycles. The van der Waals surface area contributed by atoms with Crippen molar-refractivity contribution in [1.29, 1.82) is 0 Å². The zero-order chi connectivity index (χ0) is 18.8. The summed E-state index contributed by atoms with van der Waals surface area (Å²) in [7, 11) is 2.90. The number of nitrogens with zero attached hydrogens (tertiary/aromatic N) is 2. The van der Waals surface area contributed by atoms with Gasteiger partial charge in [0, 0.05) is 25.3 Å². The van der Waals surface area contributed by atoms with Crippen LogP contribution < -0.4 is 15.0 Å². The number of esters is 1. The van der Waals surface area contributed by atoms with Crippen LogP contribution in [0.15, 0.2) is 29.5 Å². The highest BCUT2D eigenvalue weighted by Gasteiger charge is 2.34. The zero-order valence-corrected chi connectivity index (χ0v) is 14.4. The minimum absolute atomic E-state index is 0.0626. The second kappa shape index (κ2) is 7.04. The molecule has 1 aromatic carbocycles. The summed E-state index contributed by atoms with van der Waals surface area (Å²) in [6.07, 6.45) is 0. The molecule has 3 rings (SSSR count). The standard InChI is InChI=1S/C17H19N3O6/c1-19-12-4-3-10(7-13(12)26-9-14(19)22)18-15-11(17(24)25-2)8-20(5-6-21)16(15)23/h3-4,7,18,21H,5-6,8-9H2,1-2H3. The number of ether oxygens (including phenoxy) is 2. The van der Waals surface area contributed by atoms with Gasteiger partial charge in [-0.15, -0.1) is 0 Å². The van der Waals surface area contributed by atoms with Gasteiger partial charge in [0.2, 0.25) is 0 Å². The number of benzene rings is 1. The fourth-order valence-corrected chi connectivity index (χ4v) is 2.85. The van der Waals surface area contributed by atoms with E-state index in [4.69, 9.17) is 14.6 Å². The third kappa shape index (κ3) is 3.08. The third-order valence-electron chi connectivity index (χ3n) is 4.27. The van der Waals surface area contributed by atoms with Crippen LogP contribution in [0, 0.1) is 0 Å². The van der Waals surface area contributed by atoms with Crippen LogP contribution >= 0.6 is 0 Å². The van der Waals surface area contributed by atoms with E-state index in [2.05, 4.69) is 5.32 Å². The molecule has 0 fully saturated rings. The molecule has 2 amide bonds. The molecule has 0 saturated carbocycles. The van der Waals surface area contributed by atoms with Crippen LogP contribution in [0.25, 0.3) is 0 Å². The quantitative estimate of drug-likeness (QED) is 0.694. The number of carbonyl (C=O) groups is 3.